The number of nitriles is 1. The van der Waals surface area contributed by atoms with Crippen molar-refractivity contribution in [1.82, 2.24) is 5.32 Å². The van der Waals surface area contributed by atoms with E-state index in [1.54, 1.807) is 26.2 Å². The summed E-state index contributed by atoms with van der Waals surface area (Å²) >= 11 is 0. The number of aryl methyl sites for hydroxylation is 1. The number of nitrogens with zero attached hydrogens (tertiary/aromatic N) is 1. The van der Waals surface area contributed by atoms with Crippen LogP contribution >= 0.6 is 0 Å². The fourth-order valence-corrected chi connectivity index (χ4v) is 1.48. The van der Waals surface area contributed by atoms with Crippen molar-refractivity contribution in [3.8, 4) is 11.8 Å². The second kappa shape index (κ2) is 5.54. The zero-order valence-corrected chi connectivity index (χ0v) is 11.2. The van der Waals surface area contributed by atoms with Crippen LogP contribution < -0.4 is 10.1 Å². The van der Waals surface area contributed by atoms with Gasteiger partial charge in [-0.3, -0.25) is 4.79 Å². The molecule has 1 N–H and O–H groups in total. The zero-order chi connectivity index (χ0) is 13.8. The normalized spacial score (nSPS) is 13.3. The number of carbonyl (C=O) groups excluding carboxylic acids is 1. The van der Waals surface area contributed by atoms with Crippen LogP contribution in [0.25, 0.3) is 0 Å². The monoisotopic (exact) mass is 246 g/mol. The second-order valence-corrected chi connectivity index (χ2v) is 4.44. The van der Waals surface area contributed by atoms with Crippen LogP contribution in [0.4, 0.5) is 0 Å². The number of ether oxygens (including phenoxy) is 1. The van der Waals surface area contributed by atoms with Crippen LogP contribution in [0.5, 0.6) is 5.75 Å². The van der Waals surface area contributed by atoms with E-state index in [0.29, 0.717) is 17.7 Å². The van der Waals surface area contributed by atoms with Gasteiger partial charge in [-0.1, -0.05) is 13.0 Å². The van der Waals surface area contributed by atoms with Crippen LogP contribution in [0.15, 0.2) is 18.2 Å². The predicted molar refractivity (Wildman–Crippen MR) is 69.5 cm³/mol. The first-order chi connectivity index (χ1) is 8.45. The molecule has 0 saturated heterocycles. The van der Waals surface area contributed by atoms with E-state index in [4.69, 9.17) is 10.00 Å². The first-order valence-corrected chi connectivity index (χ1v) is 5.84. The number of carbonyl (C=O) groups is 1. The van der Waals surface area contributed by atoms with Gasteiger partial charge in [0.2, 0.25) is 0 Å². The molecule has 1 aromatic rings. The van der Waals surface area contributed by atoms with E-state index >= 15 is 0 Å². The third kappa shape index (κ3) is 3.01. The van der Waals surface area contributed by atoms with Crippen molar-refractivity contribution in [2.24, 2.45) is 0 Å². The highest BCUT2D eigenvalue weighted by Gasteiger charge is 2.24. The molecule has 0 aliphatic rings. The molecule has 0 aliphatic carbocycles. The number of methoxy groups -OCH3 is 1. The summed E-state index contributed by atoms with van der Waals surface area (Å²) in [5.41, 5.74) is 0.620. The molecule has 1 rings (SSSR count). The maximum Gasteiger partial charge on any atom is 0.252 e. The second-order valence-electron chi connectivity index (χ2n) is 4.44. The molecule has 4 heteroatoms. The van der Waals surface area contributed by atoms with Crippen molar-refractivity contribution in [3.63, 3.8) is 0 Å². The third-order valence-electron chi connectivity index (χ3n) is 3.01. The van der Waals surface area contributed by atoms with Gasteiger partial charge in [0, 0.05) is 5.56 Å². The molecular weight excluding hydrogens is 228 g/mol. The maximum atomic E-state index is 12.0. The number of rotatable bonds is 4. The molecule has 1 atom stereocenters. The summed E-state index contributed by atoms with van der Waals surface area (Å²) < 4.78 is 5.17. The Morgan fingerprint density at radius 2 is 2.22 bits per heavy atom. The van der Waals surface area contributed by atoms with Crippen molar-refractivity contribution in [2.75, 3.05) is 7.11 Å². The standard InChI is InChI=1S/C14H18N2O2/c1-5-14(3,9-15)16-13(17)11-7-6-10(2)12(8-11)18-4/h6-8H,5H2,1-4H3,(H,16,17)/t14-/m0/s1. The van der Waals surface area contributed by atoms with E-state index in [9.17, 15) is 4.79 Å². The molecule has 1 amide bonds. The Labute approximate surface area is 108 Å². The number of amides is 1. The molecule has 0 heterocycles. The summed E-state index contributed by atoms with van der Waals surface area (Å²) in [5, 5.41) is 11.8. The molecule has 18 heavy (non-hydrogen) atoms. The van der Waals surface area contributed by atoms with Crippen LogP contribution in [0, 0.1) is 18.3 Å². The highest BCUT2D eigenvalue weighted by atomic mass is 16.5. The summed E-state index contributed by atoms with van der Waals surface area (Å²) in [6, 6.07) is 7.33. The zero-order valence-electron chi connectivity index (χ0n) is 11.2. The Kier molecular flexibility index (Phi) is 4.33. The Bertz CT molecular complexity index is 491. The quantitative estimate of drug-likeness (QED) is 0.887. The van der Waals surface area contributed by atoms with Crippen molar-refractivity contribution >= 4 is 5.91 Å². The van der Waals surface area contributed by atoms with Crippen molar-refractivity contribution < 1.29 is 9.53 Å². The molecule has 4 nitrogen and oxygen atoms in total. The van der Waals surface area contributed by atoms with Gasteiger partial charge in [0.25, 0.3) is 5.91 Å². The van der Waals surface area contributed by atoms with E-state index in [1.807, 2.05) is 19.9 Å². The average molecular weight is 246 g/mol. The number of hydrogen-bond acceptors (Lipinski definition) is 3. The molecule has 0 spiro atoms. The lowest BCUT2D eigenvalue weighted by molar-refractivity contribution is 0.0922. The fraction of sp³-hybridized carbons (Fsp3) is 0.429. The highest BCUT2D eigenvalue weighted by Crippen LogP contribution is 2.19. The minimum absolute atomic E-state index is 0.265. The lowest BCUT2D eigenvalue weighted by Crippen LogP contribution is -2.44. The Morgan fingerprint density at radius 1 is 1.56 bits per heavy atom. The van der Waals surface area contributed by atoms with E-state index in [0.717, 1.165) is 5.56 Å². The third-order valence-corrected chi connectivity index (χ3v) is 3.01. The minimum atomic E-state index is -0.838. The van der Waals surface area contributed by atoms with Crippen LogP contribution in [0.2, 0.25) is 0 Å². The van der Waals surface area contributed by atoms with Gasteiger partial charge in [0.1, 0.15) is 11.3 Å². The molecule has 96 valence electrons. The van der Waals surface area contributed by atoms with Gasteiger partial charge >= 0.3 is 0 Å². The van der Waals surface area contributed by atoms with E-state index in [-0.39, 0.29) is 5.91 Å². The predicted octanol–water partition coefficient (Wildman–Crippen LogP) is 2.43. The van der Waals surface area contributed by atoms with Gasteiger partial charge in [0.05, 0.1) is 13.2 Å². The lowest BCUT2D eigenvalue weighted by Gasteiger charge is -2.21. The van der Waals surface area contributed by atoms with Gasteiger partial charge in [-0.25, -0.2) is 0 Å². The number of nitrogens with one attached hydrogen (secondary N) is 1. The molecule has 0 aromatic heterocycles. The SMILES string of the molecule is CC[C@@](C)(C#N)NC(=O)c1ccc(C)c(OC)c1. The van der Waals surface area contributed by atoms with E-state index < -0.39 is 5.54 Å². The van der Waals surface area contributed by atoms with Gasteiger partial charge < -0.3 is 10.1 Å². The molecule has 0 bridgehead atoms. The molecule has 0 radical (unpaired) electrons. The highest BCUT2D eigenvalue weighted by molar-refractivity contribution is 5.95. The summed E-state index contributed by atoms with van der Waals surface area (Å²) in [5.74, 6) is 0.400. The smallest absolute Gasteiger partial charge is 0.252 e. The minimum Gasteiger partial charge on any atom is -0.496 e. The first-order valence-electron chi connectivity index (χ1n) is 5.84. The Hall–Kier alpha value is -2.02. The van der Waals surface area contributed by atoms with Gasteiger partial charge in [0.15, 0.2) is 0 Å². The Morgan fingerprint density at radius 3 is 2.72 bits per heavy atom. The van der Waals surface area contributed by atoms with Crippen LogP contribution in [0.3, 0.4) is 0 Å². The molecule has 1 aromatic carbocycles. The molecule has 0 fully saturated rings. The van der Waals surface area contributed by atoms with Crippen molar-refractivity contribution in [1.29, 1.82) is 5.26 Å². The molecule has 0 unspecified atom stereocenters. The van der Waals surface area contributed by atoms with E-state index in [2.05, 4.69) is 11.4 Å². The number of benzene rings is 1. The van der Waals surface area contributed by atoms with Crippen molar-refractivity contribution in [2.45, 2.75) is 32.7 Å². The lowest BCUT2D eigenvalue weighted by atomic mass is 10.0. The maximum absolute atomic E-state index is 12.0. The van der Waals surface area contributed by atoms with Crippen LogP contribution in [0.1, 0.15) is 36.2 Å². The van der Waals surface area contributed by atoms with Crippen LogP contribution in [-0.2, 0) is 0 Å². The topological polar surface area (TPSA) is 62.1 Å². The van der Waals surface area contributed by atoms with Gasteiger partial charge in [-0.15, -0.1) is 0 Å². The molecular formula is C14H18N2O2. The first kappa shape index (κ1) is 14.0. The summed E-state index contributed by atoms with van der Waals surface area (Å²) in [7, 11) is 1.56. The molecule has 0 saturated carbocycles. The van der Waals surface area contributed by atoms with Crippen molar-refractivity contribution in [3.05, 3.63) is 29.3 Å². The summed E-state index contributed by atoms with van der Waals surface area (Å²) in [6.07, 6.45) is 0.554. The average Bonchev–Trinajstić information content (AvgIpc) is 2.39. The summed E-state index contributed by atoms with van der Waals surface area (Å²) in [4.78, 5) is 12.0. The molecule has 0 aliphatic heterocycles. The van der Waals surface area contributed by atoms with Crippen LogP contribution in [-0.4, -0.2) is 18.6 Å². The van der Waals surface area contributed by atoms with E-state index in [1.165, 1.54) is 0 Å². The number of hydrogen-bond donors (Lipinski definition) is 1. The van der Waals surface area contributed by atoms with Gasteiger partial charge in [-0.2, -0.15) is 5.26 Å². The fourth-order valence-electron chi connectivity index (χ4n) is 1.48. The largest absolute Gasteiger partial charge is 0.496 e. The Balaban J connectivity index is 2.95. The summed E-state index contributed by atoms with van der Waals surface area (Å²) in [6.45, 7) is 5.47. The van der Waals surface area contributed by atoms with Gasteiger partial charge in [-0.05, 0) is 38.0 Å².